The molecule has 1 aliphatic heterocycles. The number of hydrogen-bond acceptors (Lipinski definition) is 4. The summed E-state index contributed by atoms with van der Waals surface area (Å²) in [6.07, 6.45) is 1.48. The van der Waals surface area contributed by atoms with Crippen molar-refractivity contribution in [3.63, 3.8) is 0 Å². The Labute approximate surface area is 142 Å². The summed E-state index contributed by atoms with van der Waals surface area (Å²) in [6, 6.07) is 3.33. The first-order valence-electron chi connectivity index (χ1n) is 7.30. The van der Waals surface area contributed by atoms with Crippen LogP contribution in [0.5, 0.6) is 0 Å². The van der Waals surface area contributed by atoms with Crippen molar-refractivity contribution < 1.29 is 14.0 Å². The van der Waals surface area contributed by atoms with Gasteiger partial charge < -0.3 is 14.2 Å². The number of nitrogens with zero attached hydrogens (tertiary/aromatic N) is 4. The number of amides is 2. The normalized spacial score (nSPS) is 15.1. The summed E-state index contributed by atoms with van der Waals surface area (Å²) in [5, 5.41) is 4.26. The van der Waals surface area contributed by atoms with E-state index in [-0.39, 0.29) is 11.8 Å². The number of halogens is 1. The van der Waals surface area contributed by atoms with Gasteiger partial charge in [-0.1, -0.05) is 0 Å². The molecule has 0 radical (unpaired) electrons. The van der Waals surface area contributed by atoms with E-state index in [1.807, 2.05) is 6.92 Å². The molecule has 2 aromatic rings. The van der Waals surface area contributed by atoms with Crippen LogP contribution >= 0.6 is 15.9 Å². The van der Waals surface area contributed by atoms with Crippen molar-refractivity contribution in [3.05, 3.63) is 40.0 Å². The van der Waals surface area contributed by atoms with Gasteiger partial charge in [-0.3, -0.25) is 14.3 Å². The summed E-state index contributed by atoms with van der Waals surface area (Å²) >= 11 is 3.42. The topological polar surface area (TPSA) is 71.6 Å². The van der Waals surface area contributed by atoms with Crippen LogP contribution < -0.4 is 0 Å². The summed E-state index contributed by atoms with van der Waals surface area (Å²) in [5.41, 5.74) is 1.32. The minimum atomic E-state index is -0.142. The number of furan rings is 1. The van der Waals surface area contributed by atoms with Gasteiger partial charge in [-0.25, -0.2) is 0 Å². The maximum Gasteiger partial charge on any atom is 0.289 e. The fourth-order valence-electron chi connectivity index (χ4n) is 2.54. The van der Waals surface area contributed by atoms with E-state index in [1.54, 1.807) is 33.7 Å². The molecule has 0 unspecified atom stereocenters. The predicted octanol–water partition coefficient (Wildman–Crippen LogP) is 1.68. The summed E-state index contributed by atoms with van der Waals surface area (Å²) in [4.78, 5) is 28.2. The van der Waals surface area contributed by atoms with Gasteiger partial charge in [0.1, 0.15) is 0 Å². The largest absolute Gasteiger partial charge is 0.459 e. The van der Waals surface area contributed by atoms with E-state index in [9.17, 15) is 9.59 Å². The number of hydrogen-bond donors (Lipinski definition) is 0. The molecule has 3 rings (SSSR count). The van der Waals surface area contributed by atoms with Gasteiger partial charge in [0.2, 0.25) is 0 Å². The molecule has 3 heterocycles. The van der Waals surface area contributed by atoms with Gasteiger partial charge in [0.05, 0.1) is 16.4 Å². The SMILES string of the molecule is Cc1c(Br)c(C(=O)N2CCN(C(=O)c3ccco3)CC2)nn1C. The van der Waals surface area contributed by atoms with Gasteiger partial charge in [-0.05, 0) is 35.0 Å². The highest BCUT2D eigenvalue weighted by atomic mass is 79.9. The number of carbonyl (C=O) groups is 2. The summed E-state index contributed by atoms with van der Waals surface area (Å²) in [7, 11) is 1.80. The van der Waals surface area contributed by atoms with Crippen molar-refractivity contribution in [2.45, 2.75) is 6.92 Å². The van der Waals surface area contributed by atoms with Crippen LogP contribution in [0.4, 0.5) is 0 Å². The van der Waals surface area contributed by atoms with E-state index in [2.05, 4.69) is 21.0 Å². The zero-order valence-electron chi connectivity index (χ0n) is 13.0. The second-order valence-corrected chi connectivity index (χ2v) is 6.23. The Morgan fingerprint density at radius 2 is 1.78 bits per heavy atom. The van der Waals surface area contributed by atoms with Crippen LogP contribution in [0.15, 0.2) is 27.3 Å². The second-order valence-electron chi connectivity index (χ2n) is 5.43. The lowest BCUT2D eigenvalue weighted by Crippen LogP contribution is -2.50. The zero-order chi connectivity index (χ0) is 16.6. The number of aromatic nitrogens is 2. The fourth-order valence-corrected chi connectivity index (χ4v) is 3.04. The lowest BCUT2D eigenvalue weighted by atomic mass is 10.2. The summed E-state index contributed by atoms with van der Waals surface area (Å²) in [5.74, 6) is 0.0653. The standard InChI is InChI=1S/C15H17BrN4O3/c1-10-12(16)13(17-18(10)2)15(22)20-7-5-19(6-8-20)14(21)11-4-3-9-23-11/h3-4,9H,5-8H2,1-2H3. The average Bonchev–Trinajstić information content (AvgIpc) is 3.19. The monoisotopic (exact) mass is 380 g/mol. The molecule has 1 aliphatic rings. The van der Waals surface area contributed by atoms with Gasteiger partial charge >= 0.3 is 0 Å². The maximum absolute atomic E-state index is 12.6. The molecule has 23 heavy (non-hydrogen) atoms. The first-order chi connectivity index (χ1) is 11.0. The third-order valence-electron chi connectivity index (χ3n) is 4.05. The van der Waals surface area contributed by atoms with Gasteiger partial charge in [0.15, 0.2) is 11.5 Å². The molecule has 0 saturated carbocycles. The highest BCUT2D eigenvalue weighted by Crippen LogP contribution is 2.22. The van der Waals surface area contributed by atoms with Gasteiger partial charge in [0.25, 0.3) is 11.8 Å². The lowest BCUT2D eigenvalue weighted by molar-refractivity contribution is 0.0514. The molecular formula is C15H17BrN4O3. The van der Waals surface area contributed by atoms with Crippen molar-refractivity contribution in [3.8, 4) is 0 Å². The molecule has 8 heteroatoms. The molecule has 0 spiro atoms. The molecule has 7 nitrogen and oxygen atoms in total. The Kier molecular flexibility index (Phi) is 4.25. The highest BCUT2D eigenvalue weighted by Gasteiger charge is 2.29. The Bertz CT molecular complexity index is 730. The Balaban J connectivity index is 1.66. The van der Waals surface area contributed by atoms with Crippen LogP contribution in [-0.4, -0.2) is 57.6 Å². The summed E-state index contributed by atoms with van der Waals surface area (Å²) in [6.45, 7) is 3.82. The molecular weight excluding hydrogens is 364 g/mol. The number of aryl methyl sites for hydroxylation is 1. The molecule has 0 bridgehead atoms. The molecule has 2 aromatic heterocycles. The van der Waals surface area contributed by atoms with Crippen molar-refractivity contribution >= 4 is 27.7 Å². The molecule has 2 amide bonds. The number of piperazine rings is 1. The first kappa shape index (κ1) is 15.8. The molecule has 1 saturated heterocycles. The third-order valence-corrected chi connectivity index (χ3v) is 5.00. The van der Waals surface area contributed by atoms with E-state index in [4.69, 9.17) is 4.42 Å². The van der Waals surface area contributed by atoms with E-state index < -0.39 is 0 Å². The minimum Gasteiger partial charge on any atom is -0.459 e. The third kappa shape index (κ3) is 2.90. The number of rotatable bonds is 2. The van der Waals surface area contributed by atoms with Crippen LogP contribution in [0.2, 0.25) is 0 Å². The Morgan fingerprint density at radius 3 is 2.26 bits per heavy atom. The van der Waals surface area contributed by atoms with E-state index in [0.717, 1.165) is 10.2 Å². The van der Waals surface area contributed by atoms with Gasteiger partial charge in [0, 0.05) is 33.2 Å². The molecule has 0 atom stereocenters. The molecule has 0 aliphatic carbocycles. The number of carbonyl (C=O) groups excluding carboxylic acids is 2. The zero-order valence-corrected chi connectivity index (χ0v) is 14.5. The van der Waals surface area contributed by atoms with Crippen LogP contribution in [0.1, 0.15) is 26.7 Å². The van der Waals surface area contributed by atoms with Gasteiger partial charge in [-0.2, -0.15) is 5.10 Å². The molecule has 0 aromatic carbocycles. The fraction of sp³-hybridized carbons (Fsp3) is 0.400. The Morgan fingerprint density at radius 1 is 1.17 bits per heavy atom. The summed E-state index contributed by atoms with van der Waals surface area (Å²) < 4.78 is 7.53. The average molecular weight is 381 g/mol. The highest BCUT2D eigenvalue weighted by molar-refractivity contribution is 9.10. The Hall–Kier alpha value is -2.09. The van der Waals surface area contributed by atoms with E-state index in [1.165, 1.54) is 6.26 Å². The van der Waals surface area contributed by atoms with Gasteiger partial charge in [-0.15, -0.1) is 0 Å². The smallest absolute Gasteiger partial charge is 0.289 e. The van der Waals surface area contributed by atoms with E-state index >= 15 is 0 Å². The van der Waals surface area contributed by atoms with Crippen LogP contribution in [-0.2, 0) is 7.05 Å². The van der Waals surface area contributed by atoms with Crippen molar-refractivity contribution in [2.24, 2.45) is 7.05 Å². The molecule has 1 fully saturated rings. The van der Waals surface area contributed by atoms with Crippen molar-refractivity contribution in [2.75, 3.05) is 26.2 Å². The minimum absolute atomic E-state index is 0.120. The lowest BCUT2D eigenvalue weighted by Gasteiger charge is -2.34. The maximum atomic E-state index is 12.6. The second kappa shape index (κ2) is 6.19. The van der Waals surface area contributed by atoms with Crippen LogP contribution in [0.3, 0.4) is 0 Å². The molecule has 122 valence electrons. The predicted molar refractivity (Wildman–Crippen MR) is 86.2 cm³/mol. The first-order valence-corrected chi connectivity index (χ1v) is 8.09. The quantitative estimate of drug-likeness (QED) is 0.794. The van der Waals surface area contributed by atoms with Crippen LogP contribution in [0, 0.1) is 6.92 Å². The van der Waals surface area contributed by atoms with Crippen LogP contribution in [0.25, 0.3) is 0 Å². The van der Waals surface area contributed by atoms with Crippen molar-refractivity contribution in [1.29, 1.82) is 0 Å². The molecule has 0 N–H and O–H groups in total. The van der Waals surface area contributed by atoms with E-state index in [0.29, 0.717) is 37.6 Å². The van der Waals surface area contributed by atoms with Crippen molar-refractivity contribution in [1.82, 2.24) is 19.6 Å².